The molecule has 0 unspecified atom stereocenters. The molecule has 0 aliphatic rings. The summed E-state index contributed by atoms with van der Waals surface area (Å²) in [6.07, 6.45) is -5.39. The molecule has 0 aliphatic carbocycles. The summed E-state index contributed by atoms with van der Waals surface area (Å²) >= 11 is 0. The molecule has 0 saturated heterocycles. The molecule has 0 bridgehead atoms. The Morgan fingerprint density at radius 2 is 2.12 bits per heavy atom. The third-order valence-corrected chi connectivity index (χ3v) is 2.15. The number of aromatic nitrogens is 2. The number of rotatable bonds is 4. The molecule has 1 heterocycles. The first-order chi connectivity index (χ1) is 7.29. The van der Waals surface area contributed by atoms with Gasteiger partial charge in [-0.2, -0.15) is 18.3 Å². The lowest BCUT2D eigenvalue weighted by Crippen LogP contribution is -2.10. The minimum absolute atomic E-state index is 0.0987. The molecule has 0 N–H and O–H groups in total. The van der Waals surface area contributed by atoms with Crippen LogP contribution in [-0.2, 0) is 7.05 Å². The van der Waals surface area contributed by atoms with Crippen molar-refractivity contribution in [3.8, 4) is 0 Å². The average molecular weight is 234 g/mol. The molecule has 0 aliphatic heterocycles. The highest BCUT2D eigenvalue weighted by atomic mass is 19.4. The van der Waals surface area contributed by atoms with E-state index in [0.29, 0.717) is 11.4 Å². The topological polar surface area (TPSA) is 34.9 Å². The minimum Gasteiger partial charge on any atom is -0.292 e. The number of nitrogens with zero attached hydrogens (tertiary/aromatic N) is 2. The van der Waals surface area contributed by atoms with E-state index in [1.165, 1.54) is 4.68 Å². The van der Waals surface area contributed by atoms with Gasteiger partial charge in [0.25, 0.3) is 0 Å². The van der Waals surface area contributed by atoms with Crippen LogP contribution in [0.1, 0.15) is 35.4 Å². The van der Waals surface area contributed by atoms with Gasteiger partial charge in [0.2, 0.25) is 0 Å². The van der Waals surface area contributed by atoms with Crippen molar-refractivity contribution in [1.82, 2.24) is 9.78 Å². The Hall–Kier alpha value is -1.33. The Morgan fingerprint density at radius 3 is 2.56 bits per heavy atom. The zero-order valence-corrected chi connectivity index (χ0v) is 9.14. The molecule has 1 rings (SSSR count). The number of carbonyl (C=O) groups is 1. The van der Waals surface area contributed by atoms with E-state index in [9.17, 15) is 18.0 Å². The van der Waals surface area contributed by atoms with Crippen LogP contribution in [0.5, 0.6) is 0 Å². The Bertz CT molecular complexity index is 382. The first-order valence-corrected chi connectivity index (χ1v) is 4.90. The largest absolute Gasteiger partial charge is 0.389 e. The third kappa shape index (κ3) is 3.67. The number of hydrogen-bond acceptors (Lipinski definition) is 2. The fraction of sp³-hybridized carbons (Fsp3) is 0.600. The van der Waals surface area contributed by atoms with Gasteiger partial charge < -0.3 is 0 Å². The van der Waals surface area contributed by atoms with Crippen LogP contribution in [0.3, 0.4) is 0 Å². The molecule has 3 nitrogen and oxygen atoms in total. The van der Waals surface area contributed by atoms with Gasteiger partial charge in [0, 0.05) is 19.9 Å². The van der Waals surface area contributed by atoms with Crippen LogP contribution in [-0.4, -0.2) is 21.7 Å². The summed E-state index contributed by atoms with van der Waals surface area (Å²) in [6, 6.07) is 1.58. The summed E-state index contributed by atoms with van der Waals surface area (Å²) in [5, 5.41) is 3.96. The molecule has 0 fully saturated rings. The first kappa shape index (κ1) is 12.7. The number of alkyl halides is 3. The second-order valence-electron chi connectivity index (χ2n) is 3.69. The highest BCUT2D eigenvalue weighted by Gasteiger charge is 2.26. The summed E-state index contributed by atoms with van der Waals surface area (Å²) in [5.41, 5.74) is 1.04. The molecular formula is C10H13F3N2O. The first-order valence-electron chi connectivity index (χ1n) is 4.90. The third-order valence-electron chi connectivity index (χ3n) is 2.15. The van der Waals surface area contributed by atoms with Crippen LogP contribution in [0.25, 0.3) is 0 Å². The van der Waals surface area contributed by atoms with Gasteiger partial charge in [-0.05, 0) is 19.4 Å². The van der Waals surface area contributed by atoms with E-state index < -0.39 is 12.6 Å². The number of aryl methyl sites for hydroxylation is 2. The molecule has 0 saturated carbocycles. The smallest absolute Gasteiger partial charge is 0.292 e. The van der Waals surface area contributed by atoms with E-state index in [-0.39, 0.29) is 18.6 Å². The number of hydrogen-bond donors (Lipinski definition) is 0. The monoisotopic (exact) mass is 234 g/mol. The highest BCUT2D eigenvalue weighted by Crippen LogP contribution is 2.22. The van der Waals surface area contributed by atoms with Crippen LogP contribution < -0.4 is 0 Å². The SMILES string of the molecule is Cc1cc(C(=O)CCCC(F)(F)F)n(C)n1. The van der Waals surface area contributed by atoms with E-state index in [2.05, 4.69) is 5.10 Å². The molecule has 0 radical (unpaired) electrons. The quantitative estimate of drug-likeness (QED) is 0.750. The zero-order chi connectivity index (χ0) is 12.3. The van der Waals surface area contributed by atoms with Crippen molar-refractivity contribution >= 4 is 5.78 Å². The van der Waals surface area contributed by atoms with Gasteiger partial charge in [0.1, 0.15) is 5.69 Å². The highest BCUT2D eigenvalue weighted by molar-refractivity contribution is 5.94. The average Bonchev–Trinajstić information content (AvgIpc) is 2.43. The Labute approximate surface area is 91.3 Å². The zero-order valence-electron chi connectivity index (χ0n) is 9.14. The Kier molecular flexibility index (Phi) is 3.72. The molecule has 0 amide bonds. The summed E-state index contributed by atoms with van der Waals surface area (Å²) in [7, 11) is 1.60. The van der Waals surface area contributed by atoms with Gasteiger partial charge in [-0.3, -0.25) is 9.48 Å². The van der Waals surface area contributed by atoms with Crippen molar-refractivity contribution in [2.24, 2.45) is 7.05 Å². The Balaban J connectivity index is 2.51. The van der Waals surface area contributed by atoms with Gasteiger partial charge in [-0.25, -0.2) is 0 Å². The predicted molar refractivity (Wildman–Crippen MR) is 52.2 cm³/mol. The second-order valence-corrected chi connectivity index (χ2v) is 3.69. The number of Topliss-reactive ketones (excluding diaryl/α,β-unsaturated/α-hetero) is 1. The fourth-order valence-corrected chi connectivity index (χ4v) is 1.45. The lowest BCUT2D eigenvalue weighted by atomic mass is 10.1. The summed E-state index contributed by atoms with van der Waals surface area (Å²) < 4.78 is 37.0. The number of halogens is 3. The van der Waals surface area contributed by atoms with Crippen LogP contribution in [0.15, 0.2) is 6.07 Å². The molecule has 1 aromatic rings. The van der Waals surface area contributed by atoms with Gasteiger partial charge in [0.05, 0.1) is 5.69 Å². The summed E-state index contributed by atoms with van der Waals surface area (Å²) in [6.45, 7) is 1.73. The second kappa shape index (κ2) is 4.67. The van der Waals surface area contributed by atoms with Crippen LogP contribution in [0, 0.1) is 6.92 Å². The number of ketones is 1. The van der Waals surface area contributed by atoms with E-state index in [4.69, 9.17) is 0 Å². The number of carbonyl (C=O) groups excluding carboxylic acids is 1. The summed E-state index contributed by atoms with van der Waals surface area (Å²) in [5.74, 6) is -0.299. The van der Waals surface area contributed by atoms with Crippen LogP contribution in [0.4, 0.5) is 13.2 Å². The van der Waals surface area contributed by atoms with Crippen LogP contribution in [0.2, 0.25) is 0 Å². The standard InChI is InChI=1S/C10H13F3N2O/c1-7-6-8(15(2)14-7)9(16)4-3-5-10(11,12)13/h6H,3-5H2,1-2H3. The van der Waals surface area contributed by atoms with E-state index in [0.717, 1.165) is 0 Å². The van der Waals surface area contributed by atoms with Gasteiger partial charge >= 0.3 is 6.18 Å². The molecule has 0 atom stereocenters. The summed E-state index contributed by atoms with van der Waals surface area (Å²) in [4.78, 5) is 11.5. The molecule has 16 heavy (non-hydrogen) atoms. The molecule has 90 valence electrons. The fourth-order valence-electron chi connectivity index (χ4n) is 1.45. The lowest BCUT2D eigenvalue weighted by Gasteiger charge is -2.05. The van der Waals surface area contributed by atoms with Gasteiger partial charge in [-0.1, -0.05) is 0 Å². The van der Waals surface area contributed by atoms with Crippen molar-refractivity contribution in [2.45, 2.75) is 32.4 Å². The van der Waals surface area contributed by atoms with Crippen molar-refractivity contribution in [1.29, 1.82) is 0 Å². The minimum atomic E-state index is -4.19. The lowest BCUT2D eigenvalue weighted by molar-refractivity contribution is -0.135. The van der Waals surface area contributed by atoms with Gasteiger partial charge in [0.15, 0.2) is 5.78 Å². The van der Waals surface area contributed by atoms with Crippen molar-refractivity contribution in [3.63, 3.8) is 0 Å². The normalized spacial score (nSPS) is 11.8. The van der Waals surface area contributed by atoms with E-state index in [1.807, 2.05) is 0 Å². The Morgan fingerprint density at radius 1 is 1.50 bits per heavy atom. The van der Waals surface area contributed by atoms with Crippen molar-refractivity contribution < 1.29 is 18.0 Å². The molecule has 0 spiro atoms. The molecule has 6 heteroatoms. The van der Waals surface area contributed by atoms with Crippen LogP contribution >= 0.6 is 0 Å². The van der Waals surface area contributed by atoms with E-state index >= 15 is 0 Å². The molecular weight excluding hydrogens is 221 g/mol. The molecule has 0 aromatic carbocycles. The van der Waals surface area contributed by atoms with E-state index in [1.54, 1.807) is 20.0 Å². The maximum Gasteiger partial charge on any atom is 0.389 e. The van der Waals surface area contributed by atoms with Gasteiger partial charge in [-0.15, -0.1) is 0 Å². The van der Waals surface area contributed by atoms with Crippen molar-refractivity contribution in [3.05, 3.63) is 17.5 Å². The predicted octanol–water partition coefficient (Wildman–Crippen LogP) is 2.64. The maximum atomic E-state index is 11.9. The maximum absolute atomic E-state index is 11.9. The molecule has 1 aromatic heterocycles. The van der Waals surface area contributed by atoms with Crippen molar-refractivity contribution in [2.75, 3.05) is 0 Å².